The van der Waals surface area contributed by atoms with Crippen molar-refractivity contribution in [2.45, 2.75) is 25.1 Å². The Morgan fingerprint density at radius 3 is 2.27 bits per heavy atom. The number of carboxylic acids is 1. The Bertz CT molecular complexity index is 791. The number of carboxylic acid groups (broad SMARTS) is 1. The highest BCUT2D eigenvalue weighted by Gasteiger charge is 2.30. The largest absolute Gasteiger partial charge is 0.480 e. The first-order chi connectivity index (χ1) is 12.1. The number of nitrogens with one attached hydrogen (secondary N) is 1. The van der Waals surface area contributed by atoms with Crippen molar-refractivity contribution >= 4 is 23.5 Å². The zero-order valence-corrected chi connectivity index (χ0v) is 14.1. The molecule has 0 spiro atoms. The zero-order chi connectivity index (χ0) is 19.3. The number of alkyl halides is 3. The Kier molecular flexibility index (Phi) is 6.26. The number of carbonyl (C=O) groups excluding carboxylic acids is 1. The number of halogens is 4. The lowest BCUT2D eigenvalue weighted by molar-refractivity contribution is -0.141. The van der Waals surface area contributed by atoms with E-state index in [1.165, 1.54) is 12.1 Å². The summed E-state index contributed by atoms with van der Waals surface area (Å²) in [7, 11) is 0. The lowest BCUT2D eigenvalue weighted by Gasteiger charge is -2.15. The van der Waals surface area contributed by atoms with Crippen LogP contribution in [-0.2, 0) is 28.6 Å². The molecule has 2 rings (SSSR count). The van der Waals surface area contributed by atoms with E-state index in [9.17, 15) is 27.9 Å². The second-order valence-electron chi connectivity index (χ2n) is 5.66. The molecule has 8 heteroatoms. The lowest BCUT2D eigenvalue weighted by atomic mass is 10.0. The van der Waals surface area contributed by atoms with Crippen LogP contribution in [0.15, 0.2) is 48.5 Å². The molecule has 0 unspecified atom stereocenters. The molecule has 0 aliphatic heterocycles. The molecular formula is C18H15ClF3NO3. The minimum atomic E-state index is -4.45. The molecule has 0 saturated carbocycles. The molecule has 1 amide bonds. The molecule has 0 aliphatic rings. The Labute approximate surface area is 152 Å². The van der Waals surface area contributed by atoms with Gasteiger partial charge >= 0.3 is 12.1 Å². The Morgan fingerprint density at radius 1 is 1.08 bits per heavy atom. The third-order valence-corrected chi connectivity index (χ3v) is 3.84. The zero-order valence-electron chi connectivity index (χ0n) is 13.4. The maximum atomic E-state index is 12.5. The van der Waals surface area contributed by atoms with Gasteiger partial charge in [-0.05, 0) is 35.4 Å². The first kappa shape index (κ1) is 19.8. The van der Waals surface area contributed by atoms with Gasteiger partial charge in [-0.15, -0.1) is 0 Å². The SMILES string of the molecule is O=C(Cc1ccc(C(F)(F)F)cc1)N[C@@H](Cc1cccc(Cl)c1)C(=O)O. The molecule has 138 valence electrons. The van der Waals surface area contributed by atoms with Crippen molar-refractivity contribution in [1.82, 2.24) is 5.32 Å². The second kappa shape index (κ2) is 8.23. The van der Waals surface area contributed by atoms with E-state index < -0.39 is 29.7 Å². The van der Waals surface area contributed by atoms with Crippen LogP contribution in [-0.4, -0.2) is 23.0 Å². The summed E-state index contributed by atoms with van der Waals surface area (Å²) < 4.78 is 37.6. The molecular weight excluding hydrogens is 371 g/mol. The Hall–Kier alpha value is -2.54. The van der Waals surface area contributed by atoms with Crippen LogP contribution in [0.1, 0.15) is 16.7 Å². The lowest BCUT2D eigenvalue weighted by Crippen LogP contribution is -2.43. The predicted molar refractivity (Wildman–Crippen MR) is 89.9 cm³/mol. The molecule has 1 atom stereocenters. The maximum Gasteiger partial charge on any atom is 0.416 e. The van der Waals surface area contributed by atoms with Crippen molar-refractivity contribution < 1.29 is 27.9 Å². The van der Waals surface area contributed by atoms with Gasteiger partial charge in [0.15, 0.2) is 0 Å². The molecule has 0 aliphatic carbocycles. The van der Waals surface area contributed by atoms with Gasteiger partial charge in [0.1, 0.15) is 6.04 Å². The van der Waals surface area contributed by atoms with Gasteiger partial charge in [-0.3, -0.25) is 4.79 Å². The van der Waals surface area contributed by atoms with Gasteiger partial charge in [0.05, 0.1) is 12.0 Å². The molecule has 2 aromatic carbocycles. The fourth-order valence-electron chi connectivity index (χ4n) is 2.34. The van der Waals surface area contributed by atoms with Gasteiger partial charge in [0.2, 0.25) is 5.91 Å². The van der Waals surface area contributed by atoms with Crippen molar-refractivity contribution in [2.75, 3.05) is 0 Å². The standard InChI is InChI=1S/C18H15ClF3NO3/c19-14-3-1-2-12(8-14)9-15(17(25)26)23-16(24)10-11-4-6-13(7-5-11)18(20,21)22/h1-8,15H,9-10H2,(H,23,24)(H,25,26)/t15-/m0/s1. The maximum absolute atomic E-state index is 12.5. The van der Waals surface area contributed by atoms with Gasteiger partial charge in [0, 0.05) is 11.4 Å². The number of carbonyl (C=O) groups is 2. The van der Waals surface area contributed by atoms with Crippen LogP contribution in [0.2, 0.25) is 5.02 Å². The highest BCUT2D eigenvalue weighted by Crippen LogP contribution is 2.29. The fraction of sp³-hybridized carbons (Fsp3) is 0.222. The highest BCUT2D eigenvalue weighted by molar-refractivity contribution is 6.30. The summed E-state index contributed by atoms with van der Waals surface area (Å²) in [5.41, 5.74) is 0.174. The average molecular weight is 386 g/mol. The number of hydrogen-bond donors (Lipinski definition) is 2. The number of rotatable bonds is 6. The van der Waals surface area contributed by atoms with E-state index in [0.717, 1.165) is 12.1 Å². The van der Waals surface area contributed by atoms with Crippen LogP contribution in [0.25, 0.3) is 0 Å². The topological polar surface area (TPSA) is 66.4 Å². The molecule has 0 radical (unpaired) electrons. The molecule has 0 aromatic heterocycles. The highest BCUT2D eigenvalue weighted by atomic mass is 35.5. The van der Waals surface area contributed by atoms with Crippen LogP contribution in [0.3, 0.4) is 0 Å². The summed E-state index contributed by atoms with van der Waals surface area (Å²) in [6.07, 6.45) is -4.64. The summed E-state index contributed by atoms with van der Waals surface area (Å²) in [5, 5.41) is 12.1. The van der Waals surface area contributed by atoms with Gasteiger partial charge in [-0.25, -0.2) is 4.79 Å². The molecule has 0 fully saturated rings. The number of hydrogen-bond acceptors (Lipinski definition) is 2. The molecule has 2 aromatic rings. The van der Waals surface area contributed by atoms with Gasteiger partial charge < -0.3 is 10.4 Å². The summed E-state index contributed by atoms with van der Waals surface area (Å²) in [6, 6.07) is 9.56. The molecule has 0 saturated heterocycles. The minimum Gasteiger partial charge on any atom is -0.480 e. The summed E-state index contributed by atoms with van der Waals surface area (Å²) in [6.45, 7) is 0. The van der Waals surface area contributed by atoms with E-state index in [1.54, 1.807) is 24.3 Å². The molecule has 2 N–H and O–H groups in total. The van der Waals surface area contributed by atoms with E-state index in [1.807, 2.05) is 0 Å². The Balaban J connectivity index is 2.00. The fourth-order valence-corrected chi connectivity index (χ4v) is 2.55. The molecule has 0 heterocycles. The predicted octanol–water partition coefficient (Wildman–Crippen LogP) is 3.71. The van der Waals surface area contributed by atoms with Crippen LogP contribution in [0, 0.1) is 0 Å². The van der Waals surface area contributed by atoms with E-state index in [2.05, 4.69) is 5.32 Å². The minimum absolute atomic E-state index is 0.0364. The average Bonchev–Trinajstić information content (AvgIpc) is 2.53. The molecule has 0 bridgehead atoms. The Morgan fingerprint density at radius 2 is 1.73 bits per heavy atom. The van der Waals surface area contributed by atoms with Crippen molar-refractivity contribution in [3.05, 3.63) is 70.2 Å². The normalized spacial score (nSPS) is 12.5. The third-order valence-electron chi connectivity index (χ3n) is 3.61. The van der Waals surface area contributed by atoms with Gasteiger partial charge in [0.25, 0.3) is 0 Å². The van der Waals surface area contributed by atoms with Crippen molar-refractivity contribution in [3.8, 4) is 0 Å². The van der Waals surface area contributed by atoms with Gasteiger partial charge in [-0.2, -0.15) is 13.2 Å². The third kappa shape index (κ3) is 5.77. The summed E-state index contributed by atoms with van der Waals surface area (Å²) in [4.78, 5) is 23.4. The molecule has 4 nitrogen and oxygen atoms in total. The first-order valence-electron chi connectivity index (χ1n) is 7.58. The first-order valence-corrected chi connectivity index (χ1v) is 7.95. The van der Waals surface area contributed by atoms with Crippen LogP contribution in [0.5, 0.6) is 0 Å². The number of benzene rings is 2. The van der Waals surface area contributed by atoms with Crippen molar-refractivity contribution in [1.29, 1.82) is 0 Å². The molecule has 26 heavy (non-hydrogen) atoms. The van der Waals surface area contributed by atoms with Crippen molar-refractivity contribution in [2.24, 2.45) is 0 Å². The monoisotopic (exact) mass is 385 g/mol. The number of aliphatic carboxylic acids is 1. The summed E-state index contributed by atoms with van der Waals surface area (Å²) in [5.74, 6) is -1.81. The van der Waals surface area contributed by atoms with Crippen LogP contribution >= 0.6 is 11.6 Å². The van der Waals surface area contributed by atoms with E-state index in [4.69, 9.17) is 11.6 Å². The smallest absolute Gasteiger partial charge is 0.416 e. The quantitative estimate of drug-likeness (QED) is 0.796. The van der Waals surface area contributed by atoms with E-state index in [-0.39, 0.29) is 12.8 Å². The number of amides is 1. The van der Waals surface area contributed by atoms with Crippen molar-refractivity contribution in [3.63, 3.8) is 0 Å². The van der Waals surface area contributed by atoms with Crippen LogP contribution < -0.4 is 5.32 Å². The second-order valence-corrected chi connectivity index (χ2v) is 6.10. The van der Waals surface area contributed by atoms with Gasteiger partial charge in [-0.1, -0.05) is 35.9 Å². The van der Waals surface area contributed by atoms with Crippen LogP contribution in [0.4, 0.5) is 13.2 Å². The van der Waals surface area contributed by atoms with E-state index >= 15 is 0 Å². The van der Waals surface area contributed by atoms with E-state index in [0.29, 0.717) is 16.1 Å². The summed E-state index contributed by atoms with van der Waals surface area (Å²) >= 11 is 5.85.